The molecule has 0 bridgehead atoms. The summed E-state index contributed by atoms with van der Waals surface area (Å²) < 4.78 is 1.36. The van der Waals surface area contributed by atoms with Gasteiger partial charge in [-0.25, -0.2) is 14.6 Å². The van der Waals surface area contributed by atoms with Crippen molar-refractivity contribution in [1.29, 1.82) is 0 Å². The van der Waals surface area contributed by atoms with Crippen LogP contribution >= 0.6 is 0 Å². The molecular formula is C13H15N3O4. The lowest BCUT2D eigenvalue weighted by molar-refractivity contribution is 0.0695. The Kier molecular flexibility index (Phi) is 3.69. The van der Waals surface area contributed by atoms with Crippen molar-refractivity contribution in [2.75, 3.05) is 0 Å². The Morgan fingerprint density at radius 1 is 1.40 bits per heavy atom. The number of nitrogens with zero attached hydrogens (tertiary/aromatic N) is 2. The number of rotatable bonds is 4. The van der Waals surface area contributed by atoms with Crippen LogP contribution in [0, 0.1) is 0 Å². The molecule has 0 atom stereocenters. The molecule has 0 saturated carbocycles. The van der Waals surface area contributed by atoms with Gasteiger partial charge in [-0.05, 0) is 18.4 Å². The van der Waals surface area contributed by atoms with E-state index in [0.717, 1.165) is 0 Å². The van der Waals surface area contributed by atoms with Crippen LogP contribution in [-0.2, 0) is 13.0 Å². The average molecular weight is 277 g/mol. The molecule has 20 heavy (non-hydrogen) atoms. The number of hydrogen-bond donors (Lipinski definition) is 2. The lowest BCUT2D eigenvalue weighted by Gasteiger charge is -2.11. The molecule has 106 valence electrons. The first-order valence-electron chi connectivity index (χ1n) is 6.39. The Balaban J connectivity index is 2.99. The number of H-pyrrole nitrogens is 1. The Bertz CT molecular complexity index is 789. The van der Waals surface area contributed by atoms with Gasteiger partial charge >= 0.3 is 11.7 Å². The maximum atomic E-state index is 12.0. The predicted molar refractivity (Wildman–Crippen MR) is 73.3 cm³/mol. The van der Waals surface area contributed by atoms with Crippen molar-refractivity contribution in [3.63, 3.8) is 0 Å². The Labute approximate surface area is 113 Å². The summed E-state index contributed by atoms with van der Waals surface area (Å²) >= 11 is 0. The summed E-state index contributed by atoms with van der Waals surface area (Å²) in [6, 6.07) is 0. The topological polar surface area (TPSA) is 105 Å². The van der Waals surface area contributed by atoms with Crippen LogP contribution in [0.3, 0.4) is 0 Å². The number of fused-ring (bicyclic) bond motifs is 1. The normalized spacial score (nSPS) is 10.9. The molecule has 0 unspecified atom stereocenters. The quantitative estimate of drug-likeness (QED) is 0.858. The third kappa shape index (κ3) is 2.11. The molecule has 0 aliphatic carbocycles. The molecule has 0 radical (unpaired) electrons. The zero-order valence-electron chi connectivity index (χ0n) is 11.3. The molecule has 0 fully saturated rings. The van der Waals surface area contributed by atoms with Crippen LogP contribution in [0.2, 0.25) is 0 Å². The predicted octanol–water partition coefficient (Wildman–Crippen LogP) is 0.755. The third-order valence-electron chi connectivity index (χ3n) is 3.15. The molecule has 2 aromatic rings. The molecule has 0 aromatic carbocycles. The van der Waals surface area contributed by atoms with Crippen molar-refractivity contribution >= 4 is 17.0 Å². The van der Waals surface area contributed by atoms with Crippen molar-refractivity contribution in [1.82, 2.24) is 14.5 Å². The largest absolute Gasteiger partial charge is 0.478 e. The zero-order valence-corrected chi connectivity index (χ0v) is 11.3. The molecule has 2 rings (SSSR count). The first-order chi connectivity index (χ1) is 9.51. The Morgan fingerprint density at radius 2 is 2.10 bits per heavy atom. The van der Waals surface area contributed by atoms with Crippen molar-refractivity contribution in [2.24, 2.45) is 0 Å². The molecule has 2 aromatic heterocycles. The summed E-state index contributed by atoms with van der Waals surface area (Å²) in [4.78, 5) is 41.3. The molecule has 0 amide bonds. The fourth-order valence-electron chi connectivity index (χ4n) is 2.29. The molecule has 2 heterocycles. The van der Waals surface area contributed by atoms with Crippen LogP contribution < -0.4 is 11.2 Å². The van der Waals surface area contributed by atoms with Crippen LogP contribution in [0.15, 0.2) is 15.8 Å². The summed E-state index contributed by atoms with van der Waals surface area (Å²) in [7, 11) is 0. The highest BCUT2D eigenvalue weighted by molar-refractivity contribution is 5.94. The van der Waals surface area contributed by atoms with Gasteiger partial charge in [0.05, 0.1) is 10.9 Å². The van der Waals surface area contributed by atoms with Gasteiger partial charge in [0.2, 0.25) is 0 Å². The van der Waals surface area contributed by atoms with E-state index in [2.05, 4.69) is 9.97 Å². The smallest absolute Gasteiger partial charge is 0.337 e. The highest BCUT2D eigenvalue weighted by Crippen LogP contribution is 2.17. The zero-order chi connectivity index (χ0) is 14.9. The van der Waals surface area contributed by atoms with Crippen LogP contribution in [0.4, 0.5) is 0 Å². The number of aromatic carboxylic acids is 1. The minimum atomic E-state index is -1.14. The van der Waals surface area contributed by atoms with Crippen LogP contribution in [-0.4, -0.2) is 25.6 Å². The van der Waals surface area contributed by atoms with E-state index in [-0.39, 0.29) is 16.6 Å². The van der Waals surface area contributed by atoms with Crippen molar-refractivity contribution in [3.8, 4) is 0 Å². The van der Waals surface area contributed by atoms with Gasteiger partial charge in [-0.1, -0.05) is 13.8 Å². The number of aryl methyl sites for hydroxylation is 2. The van der Waals surface area contributed by atoms with E-state index in [9.17, 15) is 14.4 Å². The molecule has 0 aliphatic heterocycles. The minimum absolute atomic E-state index is 0.00722. The van der Waals surface area contributed by atoms with Gasteiger partial charge in [-0.2, -0.15) is 0 Å². The van der Waals surface area contributed by atoms with Crippen LogP contribution in [0.1, 0.15) is 36.2 Å². The van der Waals surface area contributed by atoms with Gasteiger partial charge in [-0.3, -0.25) is 14.3 Å². The maximum Gasteiger partial charge on any atom is 0.337 e. The Morgan fingerprint density at radius 3 is 2.65 bits per heavy atom. The molecule has 0 spiro atoms. The van der Waals surface area contributed by atoms with Crippen molar-refractivity contribution < 1.29 is 9.90 Å². The lowest BCUT2D eigenvalue weighted by Crippen LogP contribution is -2.32. The third-order valence-corrected chi connectivity index (χ3v) is 3.15. The monoisotopic (exact) mass is 277 g/mol. The first kappa shape index (κ1) is 14.0. The number of nitrogens with one attached hydrogen (secondary N) is 1. The minimum Gasteiger partial charge on any atom is -0.478 e. The molecule has 0 aliphatic rings. The second-order valence-electron chi connectivity index (χ2n) is 4.42. The molecule has 7 nitrogen and oxygen atoms in total. The number of carbonyl (C=O) groups is 1. The van der Waals surface area contributed by atoms with Crippen molar-refractivity contribution in [2.45, 2.75) is 33.2 Å². The molecule has 7 heteroatoms. The number of aromatic amines is 1. The number of aromatic nitrogens is 3. The van der Waals surface area contributed by atoms with Gasteiger partial charge in [-0.15, -0.1) is 0 Å². The van der Waals surface area contributed by atoms with E-state index in [4.69, 9.17) is 5.11 Å². The summed E-state index contributed by atoms with van der Waals surface area (Å²) in [5, 5.41) is 9.33. The SMILES string of the molecule is CCCn1c(=O)[nH]c(=O)c2c(CC)c(C(=O)O)cnc21. The van der Waals surface area contributed by atoms with E-state index in [1.807, 2.05) is 6.92 Å². The lowest BCUT2D eigenvalue weighted by atomic mass is 10.0. The van der Waals surface area contributed by atoms with E-state index in [1.165, 1.54) is 10.8 Å². The number of carboxylic acids is 1. The number of carboxylic acid groups (broad SMARTS) is 1. The summed E-state index contributed by atoms with van der Waals surface area (Å²) in [6.45, 7) is 4.07. The van der Waals surface area contributed by atoms with E-state index < -0.39 is 17.2 Å². The second kappa shape index (κ2) is 5.28. The number of hydrogen-bond acceptors (Lipinski definition) is 4. The van der Waals surface area contributed by atoms with Gasteiger partial charge in [0.25, 0.3) is 5.56 Å². The van der Waals surface area contributed by atoms with Gasteiger partial charge < -0.3 is 5.11 Å². The standard InChI is InChI=1S/C13H15N3O4/c1-3-5-16-10-9(11(17)15-13(16)20)7(4-2)8(6-14-10)12(18)19/h6H,3-5H2,1-2H3,(H,18,19)(H,15,17,20). The van der Waals surface area contributed by atoms with Crippen LogP contribution in [0.5, 0.6) is 0 Å². The highest BCUT2D eigenvalue weighted by Gasteiger charge is 2.18. The fraction of sp³-hybridized carbons (Fsp3) is 0.385. The summed E-state index contributed by atoms with van der Waals surface area (Å²) in [6.07, 6.45) is 2.27. The van der Waals surface area contributed by atoms with Crippen molar-refractivity contribution in [3.05, 3.63) is 38.2 Å². The van der Waals surface area contributed by atoms with E-state index in [1.54, 1.807) is 6.92 Å². The maximum absolute atomic E-state index is 12.0. The van der Waals surface area contributed by atoms with Crippen LogP contribution in [0.25, 0.3) is 11.0 Å². The average Bonchev–Trinajstić information content (AvgIpc) is 2.41. The summed E-state index contributed by atoms with van der Waals surface area (Å²) in [5.74, 6) is -1.14. The van der Waals surface area contributed by atoms with E-state index >= 15 is 0 Å². The molecular weight excluding hydrogens is 262 g/mol. The van der Waals surface area contributed by atoms with E-state index in [0.29, 0.717) is 24.9 Å². The van der Waals surface area contributed by atoms with Gasteiger partial charge in [0, 0.05) is 12.7 Å². The Hall–Kier alpha value is -2.44. The van der Waals surface area contributed by atoms with Gasteiger partial charge in [0.15, 0.2) is 0 Å². The second-order valence-corrected chi connectivity index (χ2v) is 4.42. The number of pyridine rings is 1. The first-order valence-corrected chi connectivity index (χ1v) is 6.39. The molecule has 0 saturated heterocycles. The highest BCUT2D eigenvalue weighted by atomic mass is 16.4. The summed E-state index contributed by atoms with van der Waals surface area (Å²) in [5.41, 5.74) is -0.491. The fourth-order valence-corrected chi connectivity index (χ4v) is 2.29. The van der Waals surface area contributed by atoms with Gasteiger partial charge in [0.1, 0.15) is 5.65 Å². The molecule has 2 N–H and O–H groups in total.